The number of hydrogen-bond acceptors (Lipinski definition) is 5. The molecule has 0 unspecified atom stereocenters. The van der Waals surface area contributed by atoms with Gasteiger partial charge in [-0.1, -0.05) is 29.0 Å². The van der Waals surface area contributed by atoms with E-state index in [2.05, 4.69) is 9.72 Å². The zero-order chi connectivity index (χ0) is 15.0. The van der Waals surface area contributed by atoms with Crippen molar-refractivity contribution in [3.05, 3.63) is 45.2 Å². The third kappa shape index (κ3) is 2.73. The Morgan fingerprint density at radius 1 is 1.48 bits per heavy atom. The van der Waals surface area contributed by atoms with Gasteiger partial charge in [0.25, 0.3) is 0 Å². The lowest BCUT2D eigenvalue weighted by atomic mass is 10.0. The van der Waals surface area contributed by atoms with Crippen LogP contribution < -0.4 is 4.90 Å². The van der Waals surface area contributed by atoms with Crippen LogP contribution in [-0.2, 0) is 17.7 Å². The van der Waals surface area contributed by atoms with Crippen LogP contribution in [0.3, 0.4) is 0 Å². The number of rotatable bonds is 2. The highest BCUT2D eigenvalue weighted by Crippen LogP contribution is 2.33. The molecule has 3 rings (SSSR count). The summed E-state index contributed by atoms with van der Waals surface area (Å²) in [7, 11) is 1.31. The van der Waals surface area contributed by atoms with Crippen molar-refractivity contribution < 1.29 is 13.9 Å². The molecule has 0 saturated carbocycles. The molecule has 4 nitrogen and oxygen atoms in total. The Hall–Kier alpha value is -1.66. The second-order valence-corrected chi connectivity index (χ2v) is 6.03. The first-order chi connectivity index (χ1) is 10.1. The van der Waals surface area contributed by atoms with Gasteiger partial charge >= 0.3 is 5.97 Å². The molecule has 1 aliphatic rings. The fraction of sp³-hybridized carbons (Fsp3) is 0.286. The first-order valence-corrected chi connectivity index (χ1v) is 7.55. The summed E-state index contributed by atoms with van der Waals surface area (Å²) in [5.74, 6) is -0.698. The van der Waals surface area contributed by atoms with Gasteiger partial charge in [0, 0.05) is 13.1 Å². The maximum absolute atomic E-state index is 13.2. The van der Waals surface area contributed by atoms with Gasteiger partial charge in [-0.15, -0.1) is 0 Å². The molecule has 0 radical (unpaired) electrons. The molecular formula is C14H12ClFN2O2S. The van der Waals surface area contributed by atoms with E-state index in [1.807, 2.05) is 4.90 Å². The summed E-state index contributed by atoms with van der Waals surface area (Å²) < 4.78 is 17.9. The van der Waals surface area contributed by atoms with Crippen molar-refractivity contribution in [2.24, 2.45) is 0 Å². The number of carbonyl (C=O) groups excluding carboxylic acids is 1. The van der Waals surface area contributed by atoms with Gasteiger partial charge in [0.15, 0.2) is 15.2 Å². The average Bonchev–Trinajstić information content (AvgIpc) is 2.88. The molecule has 0 N–H and O–H groups in total. The van der Waals surface area contributed by atoms with Gasteiger partial charge in [-0.3, -0.25) is 0 Å². The number of halogens is 2. The molecule has 0 fully saturated rings. The third-order valence-corrected chi connectivity index (χ3v) is 4.88. The van der Waals surface area contributed by atoms with Crippen LogP contribution in [-0.4, -0.2) is 24.6 Å². The number of aromatic nitrogens is 1. The number of thiazole rings is 1. The average molecular weight is 327 g/mol. The maximum Gasteiger partial charge on any atom is 0.351 e. The standard InChI is InChI=1S/C14H12ClFN2O2S/c1-20-13(19)11-12(15)17-14(21-11)18-5-4-8-6-10(16)3-2-9(8)7-18/h2-3,6H,4-5,7H2,1H3. The Morgan fingerprint density at radius 2 is 2.29 bits per heavy atom. The lowest BCUT2D eigenvalue weighted by Crippen LogP contribution is -2.30. The van der Waals surface area contributed by atoms with E-state index in [1.165, 1.54) is 24.5 Å². The normalized spacial score (nSPS) is 14.0. The molecule has 21 heavy (non-hydrogen) atoms. The van der Waals surface area contributed by atoms with Gasteiger partial charge in [0.2, 0.25) is 0 Å². The Kier molecular flexibility index (Phi) is 3.82. The SMILES string of the molecule is COC(=O)c1sc(N2CCc3cc(F)ccc3C2)nc1Cl. The van der Waals surface area contributed by atoms with Crippen LogP contribution in [0.25, 0.3) is 0 Å². The number of ether oxygens (including phenoxy) is 1. The van der Waals surface area contributed by atoms with Crippen molar-refractivity contribution in [2.45, 2.75) is 13.0 Å². The molecule has 7 heteroatoms. The molecule has 0 bridgehead atoms. The smallest absolute Gasteiger partial charge is 0.351 e. The van der Waals surface area contributed by atoms with Crippen LogP contribution in [0.2, 0.25) is 5.15 Å². The Balaban J connectivity index is 1.86. The Bertz CT molecular complexity index is 704. The van der Waals surface area contributed by atoms with E-state index in [0.29, 0.717) is 23.1 Å². The molecule has 0 aliphatic carbocycles. The summed E-state index contributed by atoms with van der Waals surface area (Å²) in [6.45, 7) is 1.33. The second kappa shape index (κ2) is 5.61. The van der Waals surface area contributed by atoms with E-state index in [9.17, 15) is 9.18 Å². The summed E-state index contributed by atoms with van der Waals surface area (Å²) >= 11 is 7.19. The van der Waals surface area contributed by atoms with Crippen molar-refractivity contribution in [2.75, 3.05) is 18.6 Å². The summed E-state index contributed by atoms with van der Waals surface area (Å²) in [5.41, 5.74) is 2.08. The van der Waals surface area contributed by atoms with Gasteiger partial charge in [0.1, 0.15) is 5.82 Å². The molecule has 0 saturated heterocycles. The monoisotopic (exact) mass is 326 g/mol. The number of carbonyl (C=O) groups is 1. The molecule has 2 heterocycles. The first kappa shape index (κ1) is 14.3. The fourth-order valence-corrected chi connectivity index (χ4v) is 3.55. The highest BCUT2D eigenvalue weighted by molar-refractivity contribution is 7.18. The van der Waals surface area contributed by atoms with Gasteiger partial charge in [0.05, 0.1) is 7.11 Å². The maximum atomic E-state index is 13.2. The number of hydrogen-bond donors (Lipinski definition) is 0. The quantitative estimate of drug-likeness (QED) is 0.794. The van der Waals surface area contributed by atoms with Crippen molar-refractivity contribution >= 4 is 34.0 Å². The van der Waals surface area contributed by atoms with E-state index in [1.54, 1.807) is 12.1 Å². The number of fused-ring (bicyclic) bond motifs is 1. The Labute approximate surface area is 130 Å². The molecule has 0 atom stereocenters. The highest BCUT2D eigenvalue weighted by Gasteiger charge is 2.23. The van der Waals surface area contributed by atoms with E-state index in [4.69, 9.17) is 11.6 Å². The molecule has 2 aromatic rings. The molecule has 1 aliphatic heterocycles. The fourth-order valence-electron chi connectivity index (χ4n) is 2.33. The van der Waals surface area contributed by atoms with Crippen LogP contribution >= 0.6 is 22.9 Å². The lowest BCUT2D eigenvalue weighted by Gasteiger charge is -2.28. The van der Waals surface area contributed by atoms with Gasteiger partial charge in [-0.2, -0.15) is 0 Å². The zero-order valence-electron chi connectivity index (χ0n) is 11.2. The summed E-state index contributed by atoms with van der Waals surface area (Å²) in [6, 6.07) is 4.81. The van der Waals surface area contributed by atoms with E-state index < -0.39 is 5.97 Å². The minimum atomic E-state index is -0.483. The number of benzene rings is 1. The minimum absolute atomic E-state index is 0.159. The minimum Gasteiger partial charge on any atom is -0.465 e. The molecule has 1 aromatic carbocycles. The first-order valence-electron chi connectivity index (χ1n) is 6.35. The number of esters is 1. The van der Waals surface area contributed by atoms with Crippen LogP contribution in [0.1, 0.15) is 20.8 Å². The van der Waals surface area contributed by atoms with E-state index >= 15 is 0 Å². The molecule has 1 aromatic heterocycles. The second-order valence-electron chi connectivity index (χ2n) is 4.69. The molecular weight excluding hydrogens is 315 g/mol. The third-order valence-electron chi connectivity index (χ3n) is 3.40. The zero-order valence-corrected chi connectivity index (χ0v) is 12.8. The van der Waals surface area contributed by atoms with Crippen LogP contribution in [0.5, 0.6) is 0 Å². The topological polar surface area (TPSA) is 42.4 Å². The van der Waals surface area contributed by atoms with E-state index in [0.717, 1.165) is 17.5 Å². The predicted octanol–water partition coefficient (Wildman–Crippen LogP) is 3.28. The van der Waals surface area contributed by atoms with Crippen molar-refractivity contribution in [1.82, 2.24) is 4.98 Å². The lowest BCUT2D eigenvalue weighted by molar-refractivity contribution is 0.0606. The molecule has 0 spiro atoms. The van der Waals surface area contributed by atoms with Gasteiger partial charge < -0.3 is 9.64 Å². The summed E-state index contributed by atoms with van der Waals surface area (Å²) in [5, 5.41) is 0.835. The number of anilines is 1. The van der Waals surface area contributed by atoms with Crippen LogP contribution in [0, 0.1) is 5.82 Å². The van der Waals surface area contributed by atoms with Crippen LogP contribution in [0.4, 0.5) is 9.52 Å². The van der Waals surface area contributed by atoms with Gasteiger partial charge in [-0.25, -0.2) is 14.2 Å². The summed E-state index contributed by atoms with van der Waals surface area (Å²) in [4.78, 5) is 18.1. The number of nitrogens with zero attached hydrogens (tertiary/aromatic N) is 2. The molecule has 110 valence electrons. The van der Waals surface area contributed by atoms with Crippen molar-refractivity contribution in [3.8, 4) is 0 Å². The Morgan fingerprint density at radius 3 is 3.05 bits per heavy atom. The summed E-state index contributed by atoms with van der Waals surface area (Å²) in [6.07, 6.45) is 0.734. The predicted molar refractivity (Wildman–Crippen MR) is 79.6 cm³/mol. The van der Waals surface area contributed by atoms with E-state index in [-0.39, 0.29) is 11.0 Å². The largest absolute Gasteiger partial charge is 0.465 e. The molecule has 0 amide bonds. The van der Waals surface area contributed by atoms with Gasteiger partial charge in [-0.05, 0) is 29.7 Å². The van der Waals surface area contributed by atoms with Crippen molar-refractivity contribution in [1.29, 1.82) is 0 Å². The van der Waals surface area contributed by atoms with Crippen molar-refractivity contribution in [3.63, 3.8) is 0 Å². The number of methoxy groups -OCH3 is 1. The highest BCUT2D eigenvalue weighted by atomic mass is 35.5. The van der Waals surface area contributed by atoms with Crippen LogP contribution in [0.15, 0.2) is 18.2 Å².